The van der Waals surface area contributed by atoms with Crippen molar-refractivity contribution in [3.63, 3.8) is 0 Å². The van der Waals surface area contributed by atoms with Crippen LogP contribution in [0, 0.1) is 27.2 Å². The number of non-ortho nitro benzene ring substituents is 1. The van der Waals surface area contributed by atoms with Crippen LogP contribution < -0.4 is 4.74 Å². The standard InChI is InChI=1S/C24H17N3O7S/c1-15-6-8-16(9-7-15)14-25-23(28)22(35-24(25)29)12-17-4-2-3-5-20(17)34-21-11-10-18(26(30)31)13-19(21)27(32)33/h2-13H,14H2,1H3/b22-12-. The predicted molar refractivity (Wildman–Crippen MR) is 129 cm³/mol. The molecule has 0 aromatic heterocycles. The summed E-state index contributed by atoms with van der Waals surface area (Å²) in [7, 11) is 0. The molecule has 4 rings (SSSR count). The van der Waals surface area contributed by atoms with Crippen molar-refractivity contribution in [2.24, 2.45) is 0 Å². The lowest BCUT2D eigenvalue weighted by atomic mass is 10.1. The van der Waals surface area contributed by atoms with E-state index >= 15 is 0 Å². The van der Waals surface area contributed by atoms with E-state index in [1.807, 2.05) is 31.2 Å². The molecule has 0 bridgehead atoms. The molecule has 0 aliphatic carbocycles. The molecule has 0 spiro atoms. The van der Waals surface area contributed by atoms with Crippen LogP contribution in [0.4, 0.5) is 16.2 Å². The van der Waals surface area contributed by atoms with E-state index in [2.05, 4.69) is 0 Å². The van der Waals surface area contributed by atoms with Crippen LogP contribution >= 0.6 is 11.8 Å². The number of nitro benzene ring substituents is 2. The van der Waals surface area contributed by atoms with Gasteiger partial charge in [0.2, 0.25) is 5.75 Å². The summed E-state index contributed by atoms with van der Waals surface area (Å²) in [5, 5.41) is 22.0. The first-order chi connectivity index (χ1) is 16.7. The van der Waals surface area contributed by atoms with E-state index < -0.39 is 32.4 Å². The van der Waals surface area contributed by atoms with E-state index in [0.717, 1.165) is 46.0 Å². The molecule has 3 aromatic carbocycles. The lowest BCUT2D eigenvalue weighted by Crippen LogP contribution is -2.27. The van der Waals surface area contributed by atoms with Gasteiger partial charge in [0.1, 0.15) is 5.75 Å². The van der Waals surface area contributed by atoms with Gasteiger partial charge in [0.15, 0.2) is 0 Å². The van der Waals surface area contributed by atoms with Gasteiger partial charge in [-0.15, -0.1) is 0 Å². The molecule has 0 saturated carbocycles. The fraction of sp³-hybridized carbons (Fsp3) is 0.0833. The second-order valence-electron chi connectivity index (χ2n) is 7.56. The first-order valence-electron chi connectivity index (χ1n) is 10.2. The average Bonchev–Trinajstić information content (AvgIpc) is 3.09. The number of para-hydroxylation sites is 1. The van der Waals surface area contributed by atoms with Crippen LogP contribution in [0.3, 0.4) is 0 Å². The van der Waals surface area contributed by atoms with E-state index in [1.165, 1.54) is 12.1 Å². The largest absolute Gasteiger partial charge is 0.449 e. The van der Waals surface area contributed by atoms with Gasteiger partial charge < -0.3 is 4.74 Å². The van der Waals surface area contributed by atoms with Crippen molar-refractivity contribution in [3.8, 4) is 11.5 Å². The number of rotatable bonds is 7. The Hall–Kier alpha value is -4.51. The minimum absolute atomic E-state index is 0.134. The third kappa shape index (κ3) is 5.20. The minimum atomic E-state index is -0.776. The van der Waals surface area contributed by atoms with Gasteiger partial charge >= 0.3 is 5.69 Å². The van der Waals surface area contributed by atoms with Crippen molar-refractivity contribution in [1.82, 2.24) is 4.90 Å². The van der Waals surface area contributed by atoms with Crippen LogP contribution in [0.15, 0.2) is 71.6 Å². The van der Waals surface area contributed by atoms with Crippen LogP contribution in [0.5, 0.6) is 11.5 Å². The molecule has 0 atom stereocenters. The zero-order chi connectivity index (χ0) is 25.1. The number of hydrogen-bond donors (Lipinski definition) is 0. The lowest BCUT2D eigenvalue weighted by molar-refractivity contribution is -0.394. The first-order valence-corrected chi connectivity index (χ1v) is 11.0. The van der Waals surface area contributed by atoms with Crippen LogP contribution in [0.2, 0.25) is 0 Å². The number of imide groups is 1. The molecule has 0 N–H and O–H groups in total. The Bertz CT molecular complexity index is 1390. The van der Waals surface area contributed by atoms with Crippen LogP contribution in [0.1, 0.15) is 16.7 Å². The Balaban J connectivity index is 1.61. The zero-order valence-corrected chi connectivity index (χ0v) is 19.1. The molecule has 1 aliphatic rings. The van der Waals surface area contributed by atoms with E-state index in [4.69, 9.17) is 4.74 Å². The third-order valence-corrected chi connectivity index (χ3v) is 6.02. The Kier molecular flexibility index (Phi) is 6.60. The van der Waals surface area contributed by atoms with Crippen molar-refractivity contribution in [2.45, 2.75) is 13.5 Å². The second kappa shape index (κ2) is 9.77. The molecule has 0 radical (unpaired) electrons. The summed E-state index contributed by atoms with van der Waals surface area (Å²) in [6, 6.07) is 17.0. The smallest absolute Gasteiger partial charge is 0.318 e. The summed E-state index contributed by atoms with van der Waals surface area (Å²) >= 11 is 0.787. The van der Waals surface area contributed by atoms with Gasteiger partial charge in [-0.25, -0.2) is 0 Å². The second-order valence-corrected chi connectivity index (χ2v) is 8.55. The molecule has 11 heteroatoms. The van der Waals surface area contributed by atoms with Gasteiger partial charge in [-0.05, 0) is 42.5 Å². The highest BCUT2D eigenvalue weighted by molar-refractivity contribution is 8.18. The summed E-state index contributed by atoms with van der Waals surface area (Å²) in [5.74, 6) is -0.486. The molecule has 176 valence electrons. The topological polar surface area (TPSA) is 133 Å². The third-order valence-electron chi connectivity index (χ3n) is 5.11. The molecule has 0 unspecified atom stereocenters. The van der Waals surface area contributed by atoms with Crippen LogP contribution in [-0.4, -0.2) is 25.9 Å². The highest BCUT2D eigenvalue weighted by Gasteiger charge is 2.35. The number of nitro groups is 2. The van der Waals surface area contributed by atoms with E-state index in [1.54, 1.807) is 18.2 Å². The summed E-state index contributed by atoms with van der Waals surface area (Å²) in [6.45, 7) is 2.08. The predicted octanol–water partition coefficient (Wildman–Crippen LogP) is 5.84. The molecular formula is C24H17N3O7S. The van der Waals surface area contributed by atoms with Crippen LogP contribution in [0.25, 0.3) is 6.08 Å². The fourth-order valence-electron chi connectivity index (χ4n) is 3.31. The number of aryl methyl sites for hydroxylation is 1. The number of benzene rings is 3. The van der Waals surface area contributed by atoms with Crippen molar-refractivity contribution >= 4 is 40.4 Å². The van der Waals surface area contributed by atoms with E-state index in [0.29, 0.717) is 5.56 Å². The zero-order valence-electron chi connectivity index (χ0n) is 18.2. The number of nitrogens with zero attached hydrogens (tertiary/aromatic N) is 3. The van der Waals surface area contributed by atoms with Crippen molar-refractivity contribution < 1.29 is 24.2 Å². The molecular weight excluding hydrogens is 474 g/mol. The molecule has 35 heavy (non-hydrogen) atoms. The number of carbonyl (C=O) groups excluding carboxylic acids is 2. The Morgan fingerprint density at radius 2 is 1.66 bits per heavy atom. The van der Waals surface area contributed by atoms with Gasteiger partial charge in [-0.3, -0.25) is 34.7 Å². The SMILES string of the molecule is Cc1ccc(CN2C(=O)S/C(=C\c3ccccc3Oc3ccc([N+](=O)[O-])cc3[N+](=O)[O-])C2=O)cc1. The normalized spacial score (nSPS) is 14.4. The molecule has 1 saturated heterocycles. The summed E-state index contributed by atoms with van der Waals surface area (Å²) < 4.78 is 5.71. The van der Waals surface area contributed by atoms with Gasteiger partial charge in [0, 0.05) is 11.6 Å². The highest BCUT2D eigenvalue weighted by atomic mass is 32.2. The highest BCUT2D eigenvalue weighted by Crippen LogP contribution is 2.38. The summed E-state index contributed by atoms with van der Waals surface area (Å²) in [6.07, 6.45) is 1.48. The Morgan fingerprint density at radius 1 is 0.943 bits per heavy atom. The molecule has 1 fully saturated rings. The van der Waals surface area contributed by atoms with Gasteiger partial charge in [-0.1, -0.05) is 48.0 Å². The lowest BCUT2D eigenvalue weighted by Gasteiger charge is -2.12. The van der Waals surface area contributed by atoms with Gasteiger partial charge in [0.25, 0.3) is 16.8 Å². The Morgan fingerprint density at radius 3 is 2.34 bits per heavy atom. The van der Waals surface area contributed by atoms with Gasteiger partial charge in [-0.2, -0.15) is 0 Å². The van der Waals surface area contributed by atoms with Crippen molar-refractivity contribution in [1.29, 1.82) is 0 Å². The Labute approximate surface area is 203 Å². The maximum atomic E-state index is 12.9. The average molecular weight is 491 g/mol. The maximum Gasteiger partial charge on any atom is 0.318 e. The number of ether oxygens (including phenoxy) is 1. The molecule has 10 nitrogen and oxygen atoms in total. The summed E-state index contributed by atoms with van der Waals surface area (Å²) in [5.41, 5.74) is 1.26. The monoisotopic (exact) mass is 491 g/mol. The van der Waals surface area contributed by atoms with Crippen LogP contribution in [-0.2, 0) is 11.3 Å². The van der Waals surface area contributed by atoms with E-state index in [9.17, 15) is 29.8 Å². The van der Waals surface area contributed by atoms with E-state index in [-0.39, 0.29) is 22.9 Å². The van der Waals surface area contributed by atoms with Gasteiger partial charge in [0.05, 0.1) is 27.4 Å². The summed E-state index contributed by atoms with van der Waals surface area (Å²) in [4.78, 5) is 47.6. The number of hydrogen-bond acceptors (Lipinski definition) is 8. The first kappa shape index (κ1) is 23.6. The van der Waals surface area contributed by atoms with Crippen molar-refractivity contribution in [2.75, 3.05) is 0 Å². The molecule has 3 aromatic rings. The number of carbonyl (C=O) groups is 2. The fourth-order valence-corrected chi connectivity index (χ4v) is 4.14. The minimum Gasteiger partial charge on any atom is -0.449 e. The molecule has 1 heterocycles. The maximum absolute atomic E-state index is 12.9. The molecule has 1 aliphatic heterocycles. The quantitative estimate of drug-likeness (QED) is 0.229. The van der Waals surface area contributed by atoms with Crippen molar-refractivity contribution in [3.05, 3.63) is 109 Å². The molecule has 2 amide bonds. The number of thioether (sulfide) groups is 1. The number of amides is 2.